The van der Waals surface area contributed by atoms with Crippen LogP contribution in [0.5, 0.6) is 0 Å². The van der Waals surface area contributed by atoms with Crippen LogP contribution in [0.15, 0.2) is 0 Å². The predicted molar refractivity (Wildman–Crippen MR) is 100 cm³/mol. The van der Waals surface area contributed by atoms with Gasteiger partial charge in [-0.15, -0.1) is 0 Å². The lowest BCUT2D eigenvalue weighted by Gasteiger charge is -2.19. The first-order valence-corrected chi connectivity index (χ1v) is 9.19. The van der Waals surface area contributed by atoms with Crippen molar-refractivity contribution in [2.24, 2.45) is 7.05 Å². The maximum atomic E-state index is 12.8. The molecule has 1 aliphatic heterocycles. The lowest BCUT2D eigenvalue weighted by atomic mass is 9.98. The molecule has 1 amide bonds. The average Bonchev–Trinajstić information content (AvgIpc) is 3.21. The quantitative estimate of drug-likeness (QED) is 0.684. The zero-order chi connectivity index (χ0) is 19.6. The molecule has 3 heterocycles. The number of piperidine rings is 1. The first-order valence-electron chi connectivity index (χ1n) is 9.19. The van der Waals surface area contributed by atoms with Crippen molar-refractivity contribution in [3.8, 4) is 0 Å². The third-order valence-corrected chi connectivity index (χ3v) is 5.01. The molecule has 27 heavy (non-hydrogen) atoms. The molecule has 2 aromatic heterocycles. The van der Waals surface area contributed by atoms with Crippen molar-refractivity contribution in [2.45, 2.75) is 39.0 Å². The highest BCUT2D eigenvalue weighted by atomic mass is 16.5. The smallest absolute Gasteiger partial charge is 0.339 e. The second kappa shape index (κ2) is 7.91. The maximum Gasteiger partial charge on any atom is 0.339 e. The number of hydrogen-bond donors (Lipinski definition) is 3. The topological polar surface area (TPSA) is 114 Å². The molecule has 0 radical (unpaired) electrons. The Hall–Kier alpha value is -2.68. The molecule has 1 aliphatic rings. The maximum absolute atomic E-state index is 12.8. The van der Waals surface area contributed by atoms with Crippen molar-refractivity contribution in [1.29, 1.82) is 0 Å². The largest absolute Gasteiger partial charge is 0.465 e. The van der Waals surface area contributed by atoms with Gasteiger partial charge >= 0.3 is 5.97 Å². The van der Waals surface area contributed by atoms with Gasteiger partial charge in [-0.05, 0) is 44.8 Å². The van der Waals surface area contributed by atoms with Gasteiger partial charge in [-0.3, -0.25) is 10.1 Å². The molecule has 146 valence electrons. The minimum absolute atomic E-state index is 0.299. The second-order valence-electron chi connectivity index (χ2n) is 6.72. The lowest BCUT2D eigenvalue weighted by molar-refractivity contribution is 0.0599. The molecule has 0 atom stereocenters. The van der Waals surface area contributed by atoms with Crippen molar-refractivity contribution < 1.29 is 14.3 Å². The standard InChI is InChI=1S/C18H26N6O3/c1-5-12-13(17(26)27-4)10(2)14(20-12)16(25)22-18-21-15(23-24(18)3)11-6-8-19-9-7-11/h11,19-20H,5-9H2,1-4H3,(H,21,22,23,25). The third-order valence-electron chi connectivity index (χ3n) is 5.01. The van der Waals surface area contributed by atoms with E-state index in [1.54, 1.807) is 18.7 Å². The van der Waals surface area contributed by atoms with Gasteiger partial charge in [0, 0.05) is 18.7 Å². The molecule has 9 heteroatoms. The molecule has 0 aliphatic carbocycles. The summed E-state index contributed by atoms with van der Waals surface area (Å²) in [5.41, 5.74) is 1.99. The number of aromatic nitrogens is 4. The number of aryl methyl sites for hydroxylation is 2. The fraction of sp³-hybridized carbons (Fsp3) is 0.556. The summed E-state index contributed by atoms with van der Waals surface area (Å²) >= 11 is 0. The van der Waals surface area contributed by atoms with Crippen molar-refractivity contribution in [1.82, 2.24) is 25.1 Å². The molecular weight excluding hydrogens is 348 g/mol. The number of anilines is 1. The van der Waals surface area contributed by atoms with Gasteiger partial charge in [0.1, 0.15) is 5.69 Å². The van der Waals surface area contributed by atoms with E-state index in [1.165, 1.54) is 7.11 Å². The Morgan fingerprint density at radius 3 is 2.67 bits per heavy atom. The number of rotatable bonds is 5. The Labute approximate surface area is 157 Å². The summed E-state index contributed by atoms with van der Waals surface area (Å²) in [6.45, 7) is 5.53. The number of aromatic amines is 1. The minimum atomic E-state index is -0.452. The van der Waals surface area contributed by atoms with Crippen molar-refractivity contribution >= 4 is 17.8 Å². The van der Waals surface area contributed by atoms with Crippen LogP contribution in [-0.2, 0) is 18.2 Å². The normalized spacial score (nSPS) is 15.0. The second-order valence-corrected chi connectivity index (χ2v) is 6.72. The number of carbonyl (C=O) groups is 2. The molecule has 1 saturated heterocycles. The van der Waals surface area contributed by atoms with E-state index in [0.29, 0.717) is 40.8 Å². The predicted octanol–water partition coefficient (Wildman–Crippen LogP) is 1.52. The third kappa shape index (κ3) is 3.73. The van der Waals surface area contributed by atoms with E-state index in [-0.39, 0.29) is 5.91 Å². The summed E-state index contributed by atoms with van der Waals surface area (Å²) in [4.78, 5) is 32.4. The van der Waals surface area contributed by atoms with Crippen molar-refractivity contribution in [3.63, 3.8) is 0 Å². The molecule has 3 N–H and O–H groups in total. The van der Waals surface area contributed by atoms with Crippen LogP contribution in [0.4, 0.5) is 5.95 Å². The van der Waals surface area contributed by atoms with Gasteiger partial charge in [0.15, 0.2) is 5.82 Å². The zero-order valence-electron chi connectivity index (χ0n) is 16.2. The fourth-order valence-corrected chi connectivity index (χ4v) is 3.46. The van der Waals surface area contributed by atoms with Crippen molar-refractivity contribution in [3.05, 3.63) is 28.3 Å². The number of methoxy groups -OCH3 is 1. The van der Waals surface area contributed by atoms with Crippen LogP contribution in [0.2, 0.25) is 0 Å². The van der Waals surface area contributed by atoms with E-state index in [4.69, 9.17) is 4.74 Å². The van der Waals surface area contributed by atoms with Gasteiger partial charge in [-0.1, -0.05) is 6.92 Å². The van der Waals surface area contributed by atoms with Crippen LogP contribution in [0, 0.1) is 6.92 Å². The molecule has 3 rings (SSSR count). The molecule has 0 bridgehead atoms. The van der Waals surface area contributed by atoms with Gasteiger partial charge in [0.2, 0.25) is 5.95 Å². The molecule has 0 saturated carbocycles. The van der Waals surface area contributed by atoms with Crippen LogP contribution in [0.3, 0.4) is 0 Å². The minimum Gasteiger partial charge on any atom is -0.465 e. The average molecular weight is 374 g/mol. The first kappa shape index (κ1) is 19.1. The summed E-state index contributed by atoms with van der Waals surface area (Å²) in [5.74, 6) is 0.631. The van der Waals surface area contributed by atoms with Crippen LogP contribution in [0.1, 0.15) is 63.6 Å². The van der Waals surface area contributed by atoms with E-state index in [1.807, 2.05) is 6.92 Å². The van der Waals surface area contributed by atoms with Crippen LogP contribution >= 0.6 is 0 Å². The molecule has 1 fully saturated rings. The van der Waals surface area contributed by atoms with Gasteiger partial charge in [0.05, 0.1) is 12.7 Å². The highest BCUT2D eigenvalue weighted by Crippen LogP contribution is 2.24. The van der Waals surface area contributed by atoms with Crippen LogP contribution in [-0.4, -0.2) is 51.8 Å². The Morgan fingerprint density at radius 1 is 1.33 bits per heavy atom. The van der Waals surface area contributed by atoms with Crippen LogP contribution in [0.25, 0.3) is 0 Å². The molecule has 2 aromatic rings. The fourth-order valence-electron chi connectivity index (χ4n) is 3.46. The summed E-state index contributed by atoms with van der Waals surface area (Å²) in [7, 11) is 3.09. The number of amides is 1. The number of esters is 1. The monoisotopic (exact) mass is 374 g/mol. The summed E-state index contributed by atoms with van der Waals surface area (Å²) < 4.78 is 6.42. The summed E-state index contributed by atoms with van der Waals surface area (Å²) in [6, 6.07) is 0. The molecule has 0 unspecified atom stereocenters. The first-order chi connectivity index (χ1) is 13.0. The molecular formula is C18H26N6O3. The van der Waals surface area contributed by atoms with Gasteiger partial charge in [0.25, 0.3) is 5.91 Å². The van der Waals surface area contributed by atoms with Gasteiger partial charge < -0.3 is 15.0 Å². The number of carbonyl (C=O) groups excluding carboxylic acids is 2. The van der Waals surface area contributed by atoms with Crippen molar-refractivity contribution in [2.75, 3.05) is 25.5 Å². The summed E-state index contributed by atoms with van der Waals surface area (Å²) in [5, 5.41) is 10.6. The number of ether oxygens (including phenoxy) is 1. The van der Waals surface area contributed by atoms with Gasteiger partial charge in [-0.25, -0.2) is 9.48 Å². The van der Waals surface area contributed by atoms with E-state index in [0.717, 1.165) is 31.8 Å². The lowest BCUT2D eigenvalue weighted by Crippen LogP contribution is -2.27. The zero-order valence-corrected chi connectivity index (χ0v) is 16.2. The molecule has 0 spiro atoms. The Bertz CT molecular complexity index is 848. The molecule has 9 nitrogen and oxygen atoms in total. The number of H-pyrrole nitrogens is 1. The molecule has 0 aromatic carbocycles. The van der Waals surface area contributed by atoms with Crippen LogP contribution < -0.4 is 10.6 Å². The number of nitrogens with one attached hydrogen (secondary N) is 3. The Balaban J connectivity index is 1.82. The van der Waals surface area contributed by atoms with E-state index in [9.17, 15) is 9.59 Å². The number of hydrogen-bond acceptors (Lipinski definition) is 6. The summed E-state index contributed by atoms with van der Waals surface area (Å²) in [6.07, 6.45) is 2.55. The highest BCUT2D eigenvalue weighted by molar-refractivity contribution is 6.06. The van der Waals surface area contributed by atoms with E-state index >= 15 is 0 Å². The van der Waals surface area contributed by atoms with E-state index in [2.05, 4.69) is 25.7 Å². The number of nitrogens with zero attached hydrogens (tertiary/aromatic N) is 3. The highest BCUT2D eigenvalue weighted by Gasteiger charge is 2.25. The van der Waals surface area contributed by atoms with Gasteiger partial charge in [-0.2, -0.15) is 10.1 Å². The Morgan fingerprint density at radius 2 is 2.04 bits per heavy atom. The SMILES string of the molecule is CCc1[nH]c(C(=O)Nc2nc(C3CCNCC3)nn2C)c(C)c1C(=O)OC. The van der Waals surface area contributed by atoms with E-state index < -0.39 is 5.97 Å². The Kier molecular flexibility index (Phi) is 5.59.